The zero-order valence-corrected chi connectivity index (χ0v) is 15.9. The molecule has 0 spiro atoms. The van der Waals surface area contributed by atoms with Gasteiger partial charge in [0.05, 0.1) is 7.11 Å². The van der Waals surface area contributed by atoms with Crippen molar-refractivity contribution in [1.82, 2.24) is 9.88 Å². The van der Waals surface area contributed by atoms with Crippen LogP contribution >= 0.6 is 0 Å². The van der Waals surface area contributed by atoms with Crippen LogP contribution in [0.4, 0.5) is 5.69 Å². The van der Waals surface area contributed by atoms with E-state index in [1.165, 1.54) is 7.11 Å². The molecule has 0 saturated heterocycles. The van der Waals surface area contributed by atoms with Gasteiger partial charge in [0.2, 0.25) is 17.7 Å². The number of methoxy groups -OCH3 is 1. The number of carbonyl (C=O) groups excluding carboxylic acids is 2. The molecule has 1 unspecified atom stereocenters. The molecule has 1 aliphatic heterocycles. The first-order valence-electron chi connectivity index (χ1n) is 9.15. The van der Waals surface area contributed by atoms with Gasteiger partial charge in [-0.05, 0) is 23.1 Å². The van der Waals surface area contributed by atoms with Crippen molar-refractivity contribution in [3.63, 3.8) is 0 Å². The van der Waals surface area contributed by atoms with Crippen molar-refractivity contribution in [2.45, 2.75) is 39.3 Å². The third-order valence-corrected chi connectivity index (χ3v) is 4.67. The highest BCUT2D eigenvalue weighted by molar-refractivity contribution is 5.97. The third-order valence-electron chi connectivity index (χ3n) is 4.67. The Labute approximate surface area is 159 Å². The van der Waals surface area contributed by atoms with Crippen LogP contribution in [0.5, 0.6) is 5.88 Å². The van der Waals surface area contributed by atoms with E-state index in [1.807, 2.05) is 38.1 Å². The summed E-state index contributed by atoms with van der Waals surface area (Å²) >= 11 is 0. The number of carbonyl (C=O) groups is 2. The molecule has 0 aliphatic carbocycles. The van der Waals surface area contributed by atoms with Crippen molar-refractivity contribution < 1.29 is 14.3 Å². The van der Waals surface area contributed by atoms with E-state index in [-0.39, 0.29) is 17.7 Å². The van der Waals surface area contributed by atoms with Gasteiger partial charge in [-0.2, -0.15) is 0 Å². The molecule has 2 aromatic rings. The van der Waals surface area contributed by atoms with Crippen molar-refractivity contribution in [2.24, 2.45) is 5.92 Å². The molecule has 0 saturated carbocycles. The minimum atomic E-state index is -0.537. The lowest BCUT2D eigenvalue weighted by atomic mass is 9.92. The first-order chi connectivity index (χ1) is 13.0. The monoisotopic (exact) mass is 367 g/mol. The summed E-state index contributed by atoms with van der Waals surface area (Å²) < 4.78 is 5.10. The number of pyridine rings is 1. The summed E-state index contributed by atoms with van der Waals surface area (Å²) in [7, 11) is 1.53. The van der Waals surface area contributed by atoms with Crippen LogP contribution in [0.1, 0.15) is 31.4 Å². The molecular weight excluding hydrogens is 342 g/mol. The Morgan fingerprint density at radius 2 is 2.00 bits per heavy atom. The second kappa shape index (κ2) is 8.20. The van der Waals surface area contributed by atoms with Gasteiger partial charge in [0.15, 0.2) is 0 Å². The molecule has 0 radical (unpaired) electrons. The average Bonchev–Trinajstić information content (AvgIpc) is 2.66. The topological polar surface area (TPSA) is 71.5 Å². The molecule has 1 aromatic carbocycles. The average molecular weight is 367 g/mol. The number of rotatable bonds is 5. The summed E-state index contributed by atoms with van der Waals surface area (Å²) in [6.45, 7) is 4.47. The highest BCUT2D eigenvalue weighted by Crippen LogP contribution is 2.26. The number of fused-ring (bicyclic) bond motifs is 1. The number of nitrogens with one attached hydrogen (secondary N) is 1. The van der Waals surface area contributed by atoms with E-state index >= 15 is 0 Å². The number of anilines is 1. The Morgan fingerprint density at radius 1 is 1.26 bits per heavy atom. The van der Waals surface area contributed by atoms with Crippen molar-refractivity contribution in [2.75, 3.05) is 12.4 Å². The van der Waals surface area contributed by atoms with Gasteiger partial charge in [-0.1, -0.05) is 38.1 Å². The maximum Gasteiger partial charge on any atom is 0.247 e. The second-order valence-electron chi connectivity index (χ2n) is 7.18. The molecule has 1 N–H and O–H groups in total. The fraction of sp³-hybridized carbons (Fsp3) is 0.381. The second-order valence-corrected chi connectivity index (χ2v) is 7.18. The van der Waals surface area contributed by atoms with Gasteiger partial charge in [-0.3, -0.25) is 9.59 Å². The largest absolute Gasteiger partial charge is 0.481 e. The summed E-state index contributed by atoms with van der Waals surface area (Å²) in [5, 5.41) is 2.90. The Balaban J connectivity index is 1.84. The fourth-order valence-electron chi connectivity index (χ4n) is 3.31. The van der Waals surface area contributed by atoms with Gasteiger partial charge in [0, 0.05) is 37.3 Å². The van der Waals surface area contributed by atoms with Crippen LogP contribution in [0.25, 0.3) is 0 Å². The lowest BCUT2D eigenvalue weighted by molar-refractivity contribution is -0.140. The molecule has 2 heterocycles. The summed E-state index contributed by atoms with van der Waals surface area (Å²) in [5.41, 5.74) is 2.81. The Bertz CT molecular complexity index is 835. The smallest absolute Gasteiger partial charge is 0.247 e. The van der Waals surface area contributed by atoms with E-state index in [1.54, 1.807) is 23.2 Å². The molecular formula is C21H25N3O3. The quantitative estimate of drug-likeness (QED) is 0.882. The first kappa shape index (κ1) is 18.9. The van der Waals surface area contributed by atoms with Crippen LogP contribution in [-0.2, 0) is 22.6 Å². The van der Waals surface area contributed by atoms with Gasteiger partial charge in [0.1, 0.15) is 6.04 Å². The zero-order chi connectivity index (χ0) is 19.4. The van der Waals surface area contributed by atoms with E-state index in [9.17, 15) is 9.59 Å². The zero-order valence-electron chi connectivity index (χ0n) is 15.9. The maximum absolute atomic E-state index is 13.0. The van der Waals surface area contributed by atoms with Crippen LogP contribution in [0, 0.1) is 5.92 Å². The standard InChI is InChI=1S/C21H25N3O3/c1-14(2)10-20(25)24-13-16-7-5-4-6-15(16)11-18(24)21(26)23-17-8-9-22-19(12-17)27-3/h4-9,12,14,18H,10-11,13H2,1-3H3,(H,22,23,26). The van der Waals surface area contributed by atoms with Gasteiger partial charge in [-0.25, -0.2) is 4.98 Å². The molecule has 27 heavy (non-hydrogen) atoms. The molecule has 1 aromatic heterocycles. The summed E-state index contributed by atoms with van der Waals surface area (Å²) in [4.78, 5) is 31.6. The molecule has 2 amide bonds. The molecule has 0 bridgehead atoms. The van der Waals surface area contributed by atoms with Crippen LogP contribution in [0.2, 0.25) is 0 Å². The number of hydrogen-bond acceptors (Lipinski definition) is 4. The highest BCUT2D eigenvalue weighted by atomic mass is 16.5. The van der Waals surface area contributed by atoms with Crippen molar-refractivity contribution in [3.8, 4) is 5.88 Å². The molecule has 6 heteroatoms. The Morgan fingerprint density at radius 3 is 2.70 bits per heavy atom. The number of aromatic nitrogens is 1. The molecule has 0 fully saturated rings. The Kier molecular flexibility index (Phi) is 5.74. The van der Waals surface area contributed by atoms with Crippen LogP contribution in [0.3, 0.4) is 0 Å². The van der Waals surface area contributed by atoms with Gasteiger partial charge in [-0.15, -0.1) is 0 Å². The van der Waals surface area contributed by atoms with Gasteiger partial charge in [0.25, 0.3) is 0 Å². The minimum absolute atomic E-state index is 0.00645. The van der Waals surface area contributed by atoms with E-state index in [4.69, 9.17) is 4.74 Å². The number of nitrogens with zero attached hydrogens (tertiary/aromatic N) is 2. The van der Waals surface area contributed by atoms with E-state index < -0.39 is 6.04 Å². The summed E-state index contributed by atoms with van der Waals surface area (Å²) in [5.74, 6) is 0.471. The molecule has 142 valence electrons. The number of ether oxygens (including phenoxy) is 1. The third kappa shape index (κ3) is 4.45. The number of benzene rings is 1. The first-order valence-corrected chi connectivity index (χ1v) is 9.15. The van der Waals surface area contributed by atoms with Gasteiger partial charge < -0.3 is 15.0 Å². The molecule has 6 nitrogen and oxygen atoms in total. The predicted octanol–water partition coefficient (Wildman–Crippen LogP) is 3.03. The minimum Gasteiger partial charge on any atom is -0.481 e. The molecule has 3 rings (SSSR count). The maximum atomic E-state index is 13.0. The number of hydrogen-bond donors (Lipinski definition) is 1. The fourth-order valence-corrected chi connectivity index (χ4v) is 3.31. The summed E-state index contributed by atoms with van der Waals surface area (Å²) in [6, 6.07) is 10.8. The van der Waals surface area contributed by atoms with E-state index in [2.05, 4.69) is 10.3 Å². The van der Waals surface area contributed by atoms with E-state index in [0.29, 0.717) is 31.0 Å². The van der Waals surface area contributed by atoms with Crippen molar-refractivity contribution >= 4 is 17.5 Å². The van der Waals surface area contributed by atoms with E-state index in [0.717, 1.165) is 11.1 Å². The molecule has 1 aliphatic rings. The lowest BCUT2D eigenvalue weighted by Gasteiger charge is -2.36. The SMILES string of the molecule is COc1cc(NC(=O)C2Cc3ccccc3CN2C(=O)CC(C)C)ccn1. The highest BCUT2D eigenvalue weighted by Gasteiger charge is 2.34. The lowest BCUT2D eigenvalue weighted by Crippen LogP contribution is -2.50. The number of amides is 2. The Hall–Kier alpha value is -2.89. The normalized spacial score (nSPS) is 16.0. The van der Waals surface area contributed by atoms with Crippen molar-refractivity contribution in [3.05, 3.63) is 53.7 Å². The van der Waals surface area contributed by atoms with Gasteiger partial charge >= 0.3 is 0 Å². The van der Waals surface area contributed by atoms with Crippen LogP contribution < -0.4 is 10.1 Å². The molecule has 1 atom stereocenters. The van der Waals surface area contributed by atoms with Crippen molar-refractivity contribution in [1.29, 1.82) is 0 Å². The predicted molar refractivity (Wildman–Crippen MR) is 103 cm³/mol. The van der Waals surface area contributed by atoms with Crippen LogP contribution in [-0.4, -0.2) is 34.8 Å². The summed E-state index contributed by atoms with van der Waals surface area (Å²) in [6.07, 6.45) is 2.51. The van der Waals surface area contributed by atoms with Crippen LogP contribution in [0.15, 0.2) is 42.6 Å².